The van der Waals surface area contributed by atoms with Gasteiger partial charge in [-0.2, -0.15) is 0 Å². The molecular formula is C18H22N4O8S3-2. The number of ether oxygens (including phenoxy) is 1. The van der Waals surface area contributed by atoms with Gasteiger partial charge < -0.3 is 24.5 Å². The molecule has 0 aliphatic carbocycles. The highest BCUT2D eigenvalue weighted by Crippen LogP contribution is 2.28. The lowest BCUT2D eigenvalue weighted by Crippen LogP contribution is -2.53. The summed E-state index contributed by atoms with van der Waals surface area (Å²) in [6.07, 6.45) is 3.02. The van der Waals surface area contributed by atoms with Crippen LogP contribution in [-0.2, 0) is 26.0 Å². The zero-order valence-corrected chi connectivity index (χ0v) is 20.3. The van der Waals surface area contributed by atoms with Crippen molar-refractivity contribution >= 4 is 49.5 Å². The summed E-state index contributed by atoms with van der Waals surface area (Å²) in [6, 6.07) is 3.06. The zero-order chi connectivity index (χ0) is 24.8. The van der Waals surface area contributed by atoms with E-state index < -0.39 is 39.1 Å². The predicted octanol–water partition coefficient (Wildman–Crippen LogP) is -0.122. The minimum atomic E-state index is -5.17. The van der Waals surface area contributed by atoms with Crippen LogP contribution in [0.2, 0.25) is 0 Å². The van der Waals surface area contributed by atoms with Gasteiger partial charge >= 0.3 is 5.97 Å². The van der Waals surface area contributed by atoms with Crippen molar-refractivity contribution < 1.29 is 36.1 Å². The topological polar surface area (TPSA) is 190 Å². The van der Waals surface area contributed by atoms with E-state index in [1.807, 2.05) is 13.0 Å². The van der Waals surface area contributed by atoms with Crippen LogP contribution >= 0.6 is 11.3 Å². The van der Waals surface area contributed by atoms with Gasteiger partial charge in [0, 0.05) is 36.3 Å². The molecule has 2 heterocycles. The third-order valence-electron chi connectivity index (χ3n) is 4.18. The van der Waals surface area contributed by atoms with E-state index in [0.717, 1.165) is 23.4 Å². The van der Waals surface area contributed by atoms with Gasteiger partial charge in [0.05, 0.1) is 22.6 Å². The Morgan fingerprint density at radius 3 is 2.48 bits per heavy atom. The number of rotatable bonds is 5. The molecule has 1 fully saturated rings. The summed E-state index contributed by atoms with van der Waals surface area (Å²) in [5.74, 6) is -0.644. The monoisotopic (exact) mass is 518 g/mol. The molecule has 1 aromatic carbocycles. The quantitative estimate of drug-likeness (QED) is 0.207. The molecule has 3 rings (SSSR count). The number of benzene rings is 1. The number of carbonyl (C=O) groups excluding carboxylic acids is 2. The van der Waals surface area contributed by atoms with Crippen LogP contribution in [0.15, 0.2) is 22.5 Å². The highest BCUT2D eigenvalue weighted by molar-refractivity contribution is 7.86. The molecule has 2 unspecified atom stereocenters. The number of nitrogens with zero attached hydrogens (tertiary/aromatic N) is 1. The summed E-state index contributed by atoms with van der Waals surface area (Å²) < 4.78 is 51.8. The molecule has 1 saturated heterocycles. The number of carbonyl (C=O) groups is 2. The smallest absolute Gasteiger partial charge is 0.329 e. The molecule has 1 aliphatic rings. The maximum Gasteiger partial charge on any atom is 0.329 e. The number of thiazole rings is 1. The number of aryl methyl sites for hydroxylation is 2. The highest BCUT2D eigenvalue weighted by Gasteiger charge is 2.26. The summed E-state index contributed by atoms with van der Waals surface area (Å²) >= 11 is 1.15. The SMILES string of the molecule is Cc1cc(C)c(OC(=O)C2CNCCN2)c(C(=O)Nc2ncc(S(C)=O)s2)c1.O=S(=O)([O-])[O-]. The van der Waals surface area contributed by atoms with Crippen LogP contribution in [-0.4, -0.2) is 70.5 Å². The molecule has 0 radical (unpaired) electrons. The molecule has 33 heavy (non-hydrogen) atoms. The summed E-state index contributed by atoms with van der Waals surface area (Å²) in [6.45, 7) is 5.59. The Bertz CT molecular complexity index is 1140. The predicted molar refractivity (Wildman–Crippen MR) is 119 cm³/mol. The van der Waals surface area contributed by atoms with Crippen molar-refractivity contribution in [1.29, 1.82) is 0 Å². The molecule has 15 heteroatoms. The van der Waals surface area contributed by atoms with Gasteiger partial charge in [-0.1, -0.05) is 17.4 Å². The van der Waals surface area contributed by atoms with Gasteiger partial charge in [-0.05, 0) is 31.0 Å². The first-order chi connectivity index (χ1) is 15.3. The number of esters is 1. The van der Waals surface area contributed by atoms with Crippen molar-refractivity contribution in [2.24, 2.45) is 0 Å². The molecule has 0 bridgehead atoms. The lowest BCUT2D eigenvalue weighted by molar-refractivity contribution is -0.137. The molecule has 1 amide bonds. The minimum Gasteiger partial charge on any atom is -0.759 e. The number of hydrogen-bond acceptors (Lipinski definition) is 12. The fraction of sp³-hybridized carbons (Fsp3) is 0.389. The molecule has 2 aromatic rings. The van der Waals surface area contributed by atoms with Gasteiger partial charge in [-0.3, -0.25) is 22.7 Å². The Morgan fingerprint density at radius 2 is 1.94 bits per heavy atom. The molecule has 2 atom stereocenters. The fourth-order valence-electron chi connectivity index (χ4n) is 2.86. The van der Waals surface area contributed by atoms with Crippen molar-refractivity contribution in [2.75, 3.05) is 31.2 Å². The van der Waals surface area contributed by atoms with Crippen LogP contribution in [0.5, 0.6) is 5.75 Å². The molecule has 0 saturated carbocycles. The molecule has 1 aromatic heterocycles. The van der Waals surface area contributed by atoms with Gasteiger partial charge in [0.25, 0.3) is 5.91 Å². The second-order valence-corrected chi connectivity index (χ2v) is 10.3. The average Bonchev–Trinajstić information content (AvgIpc) is 3.18. The summed E-state index contributed by atoms with van der Waals surface area (Å²) in [4.78, 5) is 29.4. The van der Waals surface area contributed by atoms with E-state index in [1.54, 1.807) is 19.2 Å². The lowest BCUT2D eigenvalue weighted by Gasteiger charge is -2.23. The summed E-state index contributed by atoms with van der Waals surface area (Å²) in [5.41, 5.74) is 1.81. The van der Waals surface area contributed by atoms with E-state index in [9.17, 15) is 13.8 Å². The highest BCUT2D eigenvalue weighted by atomic mass is 32.3. The summed E-state index contributed by atoms with van der Waals surface area (Å²) in [5, 5.41) is 9.26. The third kappa shape index (κ3) is 8.88. The van der Waals surface area contributed by atoms with Crippen LogP contribution in [0.25, 0.3) is 0 Å². The van der Waals surface area contributed by atoms with Gasteiger partial charge in [0.15, 0.2) is 5.13 Å². The second kappa shape index (κ2) is 11.7. The molecule has 1 aliphatic heterocycles. The van der Waals surface area contributed by atoms with E-state index in [4.69, 9.17) is 22.3 Å². The Labute approximate surface area is 197 Å². The Kier molecular flexibility index (Phi) is 9.59. The molecule has 0 spiro atoms. The minimum absolute atomic E-state index is 0.233. The van der Waals surface area contributed by atoms with Crippen molar-refractivity contribution in [3.05, 3.63) is 35.0 Å². The zero-order valence-electron chi connectivity index (χ0n) is 17.9. The van der Waals surface area contributed by atoms with Crippen LogP contribution in [0, 0.1) is 13.8 Å². The van der Waals surface area contributed by atoms with Gasteiger partial charge in [0.1, 0.15) is 16.0 Å². The van der Waals surface area contributed by atoms with Crippen molar-refractivity contribution in [2.45, 2.75) is 24.1 Å². The lowest BCUT2D eigenvalue weighted by atomic mass is 10.0. The van der Waals surface area contributed by atoms with Crippen LogP contribution in [0.1, 0.15) is 21.5 Å². The van der Waals surface area contributed by atoms with E-state index in [-0.39, 0.29) is 11.3 Å². The Morgan fingerprint density at radius 1 is 1.27 bits per heavy atom. The Hall–Kier alpha value is -2.27. The van der Waals surface area contributed by atoms with E-state index in [2.05, 4.69) is 20.9 Å². The van der Waals surface area contributed by atoms with E-state index >= 15 is 0 Å². The van der Waals surface area contributed by atoms with Gasteiger partial charge in [-0.25, -0.2) is 9.78 Å². The fourth-order valence-corrected chi connectivity index (χ4v) is 4.32. The number of piperazine rings is 1. The number of anilines is 1. The second-order valence-electron chi connectivity index (χ2n) is 6.89. The Balaban J connectivity index is 0.000000696. The normalized spacial score (nSPS) is 16.8. The molecule has 182 valence electrons. The third-order valence-corrected chi connectivity index (χ3v) is 6.51. The number of hydrogen-bond donors (Lipinski definition) is 3. The van der Waals surface area contributed by atoms with Gasteiger partial charge in [-0.15, -0.1) is 0 Å². The van der Waals surface area contributed by atoms with E-state index in [1.165, 1.54) is 6.20 Å². The first kappa shape index (κ1) is 27.0. The number of aromatic nitrogens is 1. The first-order valence-electron chi connectivity index (χ1n) is 9.39. The first-order valence-corrected chi connectivity index (χ1v) is 13.1. The van der Waals surface area contributed by atoms with Gasteiger partial charge in [0.2, 0.25) is 0 Å². The van der Waals surface area contributed by atoms with Crippen LogP contribution < -0.4 is 20.7 Å². The maximum absolute atomic E-state index is 12.8. The molecule has 12 nitrogen and oxygen atoms in total. The summed E-state index contributed by atoms with van der Waals surface area (Å²) in [7, 11) is -6.33. The van der Waals surface area contributed by atoms with E-state index in [0.29, 0.717) is 28.0 Å². The molecule has 3 N–H and O–H groups in total. The van der Waals surface area contributed by atoms with Crippen LogP contribution in [0.4, 0.5) is 5.13 Å². The standard InChI is InChI=1S/C18H22N4O4S2.H2O4S/c1-10-6-11(2)15(26-17(24)13-8-19-4-5-20-13)12(7-10)16(23)22-18-21-9-14(27-18)28(3)25;1-5(2,3)4/h6-7,9,13,19-20H,4-5,8H2,1-3H3,(H,21,22,23);(H2,1,2,3,4)/p-2. The van der Waals surface area contributed by atoms with Crippen molar-refractivity contribution in [1.82, 2.24) is 15.6 Å². The number of amides is 1. The average molecular weight is 519 g/mol. The molecular weight excluding hydrogens is 496 g/mol. The van der Waals surface area contributed by atoms with Crippen molar-refractivity contribution in [3.63, 3.8) is 0 Å². The van der Waals surface area contributed by atoms with Crippen molar-refractivity contribution in [3.8, 4) is 5.75 Å². The van der Waals surface area contributed by atoms with Crippen LogP contribution in [0.3, 0.4) is 0 Å². The largest absolute Gasteiger partial charge is 0.759 e. The maximum atomic E-state index is 12.8. The number of nitrogens with one attached hydrogen (secondary N) is 3.